The summed E-state index contributed by atoms with van der Waals surface area (Å²) in [5.41, 5.74) is 4.17. The molecule has 0 spiro atoms. The fourth-order valence-corrected chi connectivity index (χ4v) is 4.25. The van der Waals surface area contributed by atoms with Crippen LogP contribution in [0.5, 0.6) is 11.5 Å². The molecule has 3 nitrogen and oxygen atoms in total. The van der Waals surface area contributed by atoms with Gasteiger partial charge in [0.1, 0.15) is 6.61 Å². The first kappa shape index (κ1) is 23.5. The van der Waals surface area contributed by atoms with Crippen molar-refractivity contribution in [1.29, 1.82) is 5.26 Å². The minimum absolute atomic E-state index is 0.429. The molecule has 0 aliphatic carbocycles. The summed E-state index contributed by atoms with van der Waals surface area (Å²) in [4.78, 5) is 0. The zero-order valence-corrected chi connectivity index (χ0v) is 20.8. The van der Waals surface area contributed by atoms with Gasteiger partial charge in [0.2, 0.25) is 0 Å². The highest BCUT2D eigenvalue weighted by atomic mass is 127. The van der Waals surface area contributed by atoms with Crippen LogP contribution in [-0.4, -0.2) is 6.61 Å². The molecule has 6 heteroatoms. The number of allylic oxidation sites excluding steroid dienone is 1. The molecule has 3 rings (SSSR count). The summed E-state index contributed by atoms with van der Waals surface area (Å²) < 4.78 is 12.8. The molecule has 3 aromatic rings. The Morgan fingerprint density at radius 2 is 1.81 bits per heavy atom. The lowest BCUT2D eigenvalue weighted by atomic mass is 10.0. The third kappa shape index (κ3) is 6.16. The Labute approximate surface area is 206 Å². The number of aryl methyl sites for hydroxylation is 1. The van der Waals surface area contributed by atoms with E-state index in [-0.39, 0.29) is 0 Å². The van der Waals surface area contributed by atoms with Crippen molar-refractivity contribution in [3.63, 3.8) is 0 Å². The van der Waals surface area contributed by atoms with E-state index in [0.717, 1.165) is 14.7 Å². The Balaban J connectivity index is 1.94. The normalized spacial score (nSPS) is 11.2. The molecule has 31 heavy (non-hydrogen) atoms. The van der Waals surface area contributed by atoms with Gasteiger partial charge in [0.25, 0.3) is 0 Å². The molecule has 0 saturated heterocycles. The van der Waals surface area contributed by atoms with Crippen molar-refractivity contribution < 1.29 is 9.47 Å². The Hall–Kier alpha value is -2.20. The van der Waals surface area contributed by atoms with Gasteiger partial charge in [-0.1, -0.05) is 59.1 Å². The van der Waals surface area contributed by atoms with Crippen molar-refractivity contribution >= 4 is 57.4 Å². The Kier molecular flexibility index (Phi) is 8.25. The number of hydrogen-bond donors (Lipinski definition) is 0. The minimum Gasteiger partial charge on any atom is -0.490 e. The van der Waals surface area contributed by atoms with E-state index in [0.29, 0.717) is 45.9 Å². The van der Waals surface area contributed by atoms with Gasteiger partial charge in [0.05, 0.1) is 26.8 Å². The molecule has 158 valence electrons. The summed E-state index contributed by atoms with van der Waals surface area (Å²) in [6.07, 6.45) is 1.78. The van der Waals surface area contributed by atoms with Crippen LogP contribution in [0.25, 0.3) is 11.6 Å². The third-order valence-electron chi connectivity index (χ3n) is 4.49. The molecule has 0 aliphatic rings. The average molecular weight is 564 g/mol. The topological polar surface area (TPSA) is 42.2 Å². The molecule has 0 saturated carbocycles. The van der Waals surface area contributed by atoms with Crippen LogP contribution >= 0.6 is 45.8 Å². The summed E-state index contributed by atoms with van der Waals surface area (Å²) in [5.74, 6) is 1.32. The second-order valence-electron chi connectivity index (χ2n) is 6.83. The van der Waals surface area contributed by atoms with Gasteiger partial charge in [-0.15, -0.1) is 0 Å². The monoisotopic (exact) mass is 563 g/mol. The predicted octanol–water partition coefficient (Wildman–Crippen LogP) is 7.95. The van der Waals surface area contributed by atoms with Gasteiger partial charge in [0.15, 0.2) is 11.5 Å². The van der Waals surface area contributed by atoms with Crippen LogP contribution in [0.3, 0.4) is 0 Å². The molecule has 0 aliphatic heterocycles. The van der Waals surface area contributed by atoms with E-state index < -0.39 is 0 Å². The van der Waals surface area contributed by atoms with Gasteiger partial charge < -0.3 is 9.47 Å². The zero-order valence-electron chi connectivity index (χ0n) is 17.1. The molecule has 0 fully saturated rings. The molecule has 0 radical (unpaired) electrons. The molecular weight excluding hydrogens is 544 g/mol. The van der Waals surface area contributed by atoms with Gasteiger partial charge in [-0.3, -0.25) is 0 Å². The highest BCUT2D eigenvalue weighted by Gasteiger charge is 2.14. The number of ether oxygens (including phenoxy) is 2. The minimum atomic E-state index is 0.429. The largest absolute Gasteiger partial charge is 0.490 e. The molecule has 0 aromatic heterocycles. The smallest absolute Gasteiger partial charge is 0.175 e. The molecule has 0 unspecified atom stereocenters. The molecule has 0 heterocycles. The van der Waals surface area contributed by atoms with Gasteiger partial charge in [-0.25, -0.2) is 0 Å². The lowest BCUT2D eigenvalue weighted by Gasteiger charge is -2.15. The van der Waals surface area contributed by atoms with E-state index in [1.165, 1.54) is 5.56 Å². The molecule has 0 atom stereocenters. The fourth-order valence-electron chi connectivity index (χ4n) is 2.96. The summed E-state index contributed by atoms with van der Waals surface area (Å²) in [7, 11) is 0. The van der Waals surface area contributed by atoms with E-state index in [9.17, 15) is 5.26 Å². The second-order valence-corrected chi connectivity index (χ2v) is 8.84. The molecule has 3 aromatic carbocycles. The van der Waals surface area contributed by atoms with Crippen molar-refractivity contribution in [1.82, 2.24) is 0 Å². The van der Waals surface area contributed by atoms with Crippen LogP contribution in [-0.2, 0) is 6.61 Å². The van der Waals surface area contributed by atoms with Crippen molar-refractivity contribution in [3.05, 3.63) is 90.5 Å². The van der Waals surface area contributed by atoms with Gasteiger partial charge in [-0.2, -0.15) is 5.26 Å². The van der Waals surface area contributed by atoms with Crippen molar-refractivity contribution in [2.45, 2.75) is 20.5 Å². The average Bonchev–Trinajstić information content (AvgIpc) is 2.73. The van der Waals surface area contributed by atoms with Crippen LogP contribution in [0.4, 0.5) is 0 Å². The maximum absolute atomic E-state index is 9.69. The Bertz CT molecular complexity index is 1150. The summed E-state index contributed by atoms with van der Waals surface area (Å²) in [6.45, 7) is 4.92. The van der Waals surface area contributed by atoms with Crippen LogP contribution in [0.15, 0.2) is 54.6 Å². The number of hydrogen-bond acceptors (Lipinski definition) is 3. The van der Waals surface area contributed by atoms with Crippen molar-refractivity contribution in [3.8, 4) is 17.6 Å². The third-order valence-corrected chi connectivity index (χ3v) is 5.84. The first-order chi connectivity index (χ1) is 14.9. The maximum atomic E-state index is 9.69. The number of halogens is 3. The predicted molar refractivity (Wildman–Crippen MR) is 136 cm³/mol. The van der Waals surface area contributed by atoms with Crippen LogP contribution in [0.2, 0.25) is 10.0 Å². The summed E-state index contributed by atoms with van der Waals surface area (Å²) in [6, 6.07) is 19.4. The van der Waals surface area contributed by atoms with Crippen LogP contribution in [0.1, 0.15) is 29.2 Å². The first-order valence-electron chi connectivity index (χ1n) is 9.63. The number of benzene rings is 3. The lowest BCUT2D eigenvalue weighted by molar-refractivity contribution is 0.267. The van der Waals surface area contributed by atoms with Gasteiger partial charge >= 0.3 is 0 Å². The van der Waals surface area contributed by atoms with Crippen LogP contribution in [0, 0.1) is 21.8 Å². The summed E-state index contributed by atoms with van der Waals surface area (Å²) in [5, 5.41) is 10.6. The molecule has 0 bridgehead atoms. The van der Waals surface area contributed by atoms with E-state index in [4.69, 9.17) is 32.7 Å². The zero-order chi connectivity index (χ0) is 22.4. The quantitative estimate of drug-likeness (QED) is 0.166. The van der Waals surface area contributed by atoms with E-state index in [2.05, 4.69) is 59.8 Å². The molecular formula is C25H20Cl2INO2. The van der Waals surface area contributed by atoms with E-state index >= 15 is 0 Å². The summed E-state index contributed by atoms with van der Waals surface area (Å²) >= 11 is 14.5. The highest BCUT2D eigenvalue weighted by Crippen LogP contribution is 2.36. The van der Waals surface area contributed by atoms with Gasteiger partial charge in [0, 0.05) is 10.6 Å². The fraction of sp³-hybridized carbons (Fsp3) is 0.160. The first-order valence-corrected chi connectivity index (χ1v) is 11.5. The SMILES string of the molecule is CCOc1cc(/C=C(\C#N)c2ccc(Cl)cc2Cl)cc(I)c1OCc1ccc(C)cc1. The maximum Gasteiger partial charge on any atom is 0.175 e. The Morgan fingerprint density at radius 1 is 1.06 bits per heavy atom. The van der Waals surface area contributed by atoms with E-state index in [1.807, 2.05) is 19.1 Å². The second kappa shape index (κ2) is 10.9. The van der Waals surface area contributed by atoms with E-state index in [1.54, 1.807) is 24.3 Å². The lowest BCUT2D eigenvalue weighted by Crippen LogP contribution is -2.02. The highest BCUT2D eigenvalue weighted by molar-refractivity contribution is 14.1. The number of nitriles is 1. The van der Waals surface area contributed by atoms with Crippen molar-refractivity contribution in [2.24, 2.45) is 0 Å². The van der Waals surface area contributed by atoms with Crippen LogP contribution < -0.4 is 9.47 Å². The number of rotatable bonds is 7. The molecule has 0 amide bonds. The van der Waals surface area contributed by atoms with Gasteiger partial charge in [-0.05, 0) is 77.9 Å². The Morgan fingerprint density at radius 3 is 2.45 bits per heavy atom. The van der Waals surface area contributed by atoms with Crippen molar-refractivity contribution in [2.75, 3.05) is 6.61 Å². The standard InChI is InChI=1S/C25H20Cl2INO2/c1-3-30-24-12-18(10-19(14-29)21-9-8-20(26)13-22(21)27)11-23(28)25(24)31-15-17-6-4-16(2)5-7-17/h4-13H,3,15H2,1-2H3/b19-10+. The molecule has 0 N–H and O–H groups in total. The number of nitrogens with zero attached hydrogens (tertiary/aromatic N) is 1.